The highest BCUT2D eigenvalue weighted by atomic mass is 35.5. The predicted molar refractivity (Wildman–Crippen MR) is 121 cm³/mol. The number of imidazole rings is 1. The van der Waals surface area contributed by atoms with Crippen molar-refractivity contribution in [2.24, 2.45) is 13.0 Å². The van der Waals surface area contributed by atoms with Crippen molar-refractivity contribution in [2.45, 2.75) is 31.7 Å². The Bertz CT molecular complexity index is 1130. The number of hydrogen-bond donors (Lipinski definition) is 4. The highest BCUT2D eigenvalue weighted by Crippen LogP contribution is 2.27. The summed E-state index contributed by atoms with van der Waals surface area (Å²) in [6.07, 6.45) is 5.75. The van der Waals surface area contributed by atoms with Crippen molar-refractivity contribution in [3.05, 3.63) is 41.1 Å². The van der Waals surface area contributed by atoms with Gasteiger partial charge in [-0.25, -0.2) is 22.6 Å². The molecule has 0 atom stereocenters. The molecule has 0 aliphatic heterocycles. The van der Waals surface area contributed by atoms with Crippen molar-refractivity contribution in [2.75, 3.05) is 12.8 Å². The predicted octanol–water partition coefficient (Wildman–Crippen LogP) is 1.93. The standard InChI is InChI=1S/C20H26ClFN6O4S/c1-23-20(30)25-14-5-3-12(4-6-14)10-33(31,32)27-26-19(29)15-7-13(8-16(21)18(15)22)17-9-28(2)11-24-17/h7-9,11-12,14,27H,3-6,10H2,1-2H3,(H,26,29)(H2,23,25,30). The number of rotatable bonds is 7. The Hall–Kier alpha value is -2.70. The van der Waals surface area contributed by atoms with Crippen LogP contribution in [0.5, 0.6) is 0 Å². The van der Waals surface area contributed by atoms with E-state index in [4.69, 9.17) is 11.6 Å². The number of benzene rings is 1. The maximum Gasteiger partial charge on any atom is 0.314 e. The summed E-state index contributed by atoms with van der Waals surface area (Å²) in [4.78, 5) is 30.1. The van der Waals surface area contributed by atoms with Crippen molar-refractivity contribution in [1.29, 1.82) is 0 Å². The third kappa shape index (κ3) is 6.65. The molecule has 1 heterocycles. The van der Waals surface area contributed by atoms with Gasteiger partial charge < -0.3 is 15.2 Å². The molecule has 10 nitrogen and oxygen atoms in total. The monoisotopic (exact) mass is 500 g/mol. The molecule has 2 aromatic rings. The van der Waals surface area contributed by atoms with Crippen LogP contribution in [-0.4, -0.2) is 48.7 Å². The zero-order chi connectivity index (χ0) is 24.2. The van der Waals surface area contributed by atoms with Crippen LogP contribution in [0.4, 0.5) is 9.18 Å². The first-order valence-corrected chi connectivity index (χ1v) is 12.4. The summed E-state index contributed by atoms with van der Waals surface area (Å²) in [6, 6.07) is 2.33. The van der Waals surface area contributed by atoms with Crippen molar-refractivity contribution in [3.63, 3.8) is 0 Å². The van der Waals surface area contributed by atoms with Gasteiger partial charge in [-0.3, -0.25) is 10.2 Å². The number of hydrazine groups is 1. The first kappa shape index (κ1) is 24.9. The second-order valence-electron chi connectivity index (χ2n) is 8.02. The minimum absolute atomic E-state index is 0.00401. The SMILES string of the molecule is CNC(=O)NC1CCC(CS(=O)(=O)NNC(=O)c2cc(-c3cn(C)cn3)cc(Cl)c2F)CC1. The number of amides is 3. The summed E-state index contributed by atoms with van der Waals surface area (Å²) >= 11 is 5.93. The van der Waals surface area contributed by atoms with Crippen molar-refractivity contribution in [3.8, 4) is 11.3 Å². The quantitative estimate of drug-likeness (QED) is 0.431. The van der Waals surface area contributed by atoms with Gasteiger partial charge in [0.1, 0.15) is 0 Å². The summed E-state index contributed by atoms with van der Waals surface area (Å²) in [5.74, 6) is -2.26. The average Bonchev–Trinajstić information content (AvgIpc) is 3.21. The normalized spacial score (nSPS) is 18.5. The molecule has 3 rings (SSSR count). The zero-order valence-corrected chi connectivity index (χ0v) is 19.8. The minimum Gasteiger partial charge on any atom is -0.341 e. The van der Waals surface area contributed by atoms with Crippen LogP contribution in [0.15, 0.2) is 24.7 Å². The summed E-state index contributed by atoms with van der Waals surface area (Å²) in [7, 11) is -0.575. The van der Waals surface area contributed by atoms with Crippen LogP contribution in [0.2, 0.25) is 5.02 Å². The Labute approximate surface area is 196 Å². The molecule has 1 fully saturated rings. The third-order valence-electron chi connectivity index (χ3n) is 5.46. The molecule has 1 saturated carbocycles. The van der Waals surface area contributed by atoms with E-state index in [1.54, 1.807) is 24.1 Å². The average molecular weight is 501 g/mol. The number of aryl methyl sites for hydroxylation is 1. The molecular formula is C20H26ClFN6O4S. The molecule has 0 saturated heterocycles. The van der Waals surface area contributed by atoms with E-state index in [-0.39, 0.29) is 28.8 Å². The van der Waals surface area contributed by atoms with Gasteiger partial charge in [-0.15, -0.1) is 4.83 Å². The smallest absolute Gasteiger partial charge is 0.314 e. The van der Waals surface area contributed by atoms with Gasteiger partial charge in [-0.1, -0.05) is 11.6 Å². The van der Waals surface area contributed by atoms with E-state index >= 15 is 0 Å². The number of carbonyl (C=O) groups is 2. The minimum atomic E-state index is -3.86. The van der Waals surface area contributed by atoms with Gasteiger partial charge in [0.15, 0.2) is 5.82 Å². The van der Waals surface area contributed by atoms with Gasteiger partial charge >= 0.3 is 6.03 Å². The molecule has 0 bridgehead atoms. The van der Waals surface area contributed by atoms with E-state index in [2.05, 4.69) is 21.0 Å². The number of halogens is 2. The highest BCUT2D eigenvalue weighted by molar-refractivity contribution is 7.89. The number of carbonyl (C=O) groups excluding carboxylic acids is 2. The van der Waals surface area contributed by atoms with Gasteiger partial charge in [0.2, 0.25) is 10.0 Å². The molecular weight excluding hydrogens is 475 g/mol. The molecule has 1 aromatic heterocycles. The Kier molecular flexibility index (Phi) is 7.92. The number of nitrogens with one attached hydrogen (secondary N) is 4. The molecule has 0 unspecified atom stereocenters. The molecule has 4 N–H and O–H groups in total. The Morgan fingerprint density at radius 2 is 1.94 bits per heavy atom. The Morgan fingerprint density at radius 1 is 1.24 bits per heavy atom. The topological polar surface area (TPSA) is 134 Å². The van der Waals surface area contributed by atoms with Crippen molar-refractivity contribution < 1.29 is 22.4 Å². The van der Waals surface area contributed by atoms with Crippen molar-refractivity contribution >= 4 is 33.6 Å². The first-order chi connectivity index (χ1) is 15.6. The molecule has 1 aliphatic rings. The summed E-state index contributed by atoms with van der Waals surface area (Å²) in [5.41, 5.74) is 2.54. The first-order valence-electron chi connectivity index (χ1n) is 10.3. The van der Waals surface area contributed by atoms with Gasteiger partial charge in [-0.2, -0.15) is 0 Å². The molecule has 0 spiro atoms. The number of aromatic nitrogens is 2. The van der Waals surface area contributed by atoms with Gasteiger partial charge in [0.25, 0.3) is 5.91 Å². The molecule has 180 valence electrons. The van der Waals surface area contributed by atoms with E-state index in [1.807, 2.05) is 4.83 Å². The Morgan fingerprint density at radius 3 is 2.55 bits per heavy atom. The van der Waals surface area contributed by atoms with Gasteiger partial charge in [0.05, 0.1) is 28.4 Å². The summed E-state index contributed by atoms with van der Waals surface area (Å²) in [5, 5.41) is 5.02. The second kappa shape index (κ2) is 10.5. The molecule has 1 aromatic carbocycles. The Balaban J connectivity index is 1.59. The second-order valence-corrected chi connectivity index (χ2v) is 10.2. The van der Waals surface area contributed by atoms with Crippen molar-refractivity contribution in [1.82, 2.24) is 30.4 Å². The number of nitrogens with zero attached hydrogens (tertiary/aromatic N) is 2. The van der Waals surface area contributed by atoms with E-state index in [9.17, 15) is 22.4 Å². The molecule has 0 radical (unpaired) electrons. The van der Waals surface area contributed by atoms with Crippen LogP contribution in [0, 0.1) is 11.7 Å². The number of sulfonamides is 1. The fourth-order valence-corrected chi connectivity index (χ4v) is 5.24. The maximum atomic E-state index is 14.5. The maximum absolute atomic E-state index is 14.5. The molecule has 1 aliphatic carbocycles. The zero-order valence-electron chi connectivity index (χ0n) is 18.2. The fraction of sp³-hybridized carbons (Fsp3) is 0.450. The van der Waals surface area contributed by atoms with Crippen LogP contribution in [0.1, 0.15) is 36.0 Å². The van der Waals surface area contributed by atoms with E-state index in [0.29, 0.717) is 36.9 Å². The number of hydrogen-bond acceptors (Lipinski definition) is 5. The molecule has 33 heavy (non-hydrogen) atoms. The highest BCUT2D eigenvalue weighted by Gasteiger charge is 2.27. The largest absolute Gasteiger partial charge is 0.341 e. The fourth-order valence-electron chi connectivity index (χ4n) is 3.74. The van der Waals surface area contributed by atoms with Gasteiger partial charge in [-0.05, 0) is 43.7 Å². The van der Waals surface area contributed by atoms with Gasteiger partial charge in [0, 0.05) is 31.9 Å². The van der Waals surface area contributed by atoms with E-state index in [1.165, 1.54) is 19.2 Å². The lowest BCUT2D eigenvalue weighted by Crippen LogP contribution is -2.45. The van der Waals surface area contributed by atoms with E-state index < -0.39 is 27.3 Å². The van der Waals surface area contributed by atoms with Crippen LogP contribution < -0.4 is 20.9 Å². The third-order valence-corrected chi connectivity index (χ3v) is 7.06. The van der Waals surface area contributed by atoms with Crippen LogP contribution in [0.3, 0.4) is 0 Å². The lowest BCUT2D eigenvalue weighted by atomic mass is 9.87. The lowest BCUT2D eigenvalue weighted by molar-refractivity contribution is 0.0941. The number of urea groups is 1. The van der Waals surface area contributed by atoms with Crippen LogP contribution in [-0.2, 0) is 17.1 Å². The summed E-state index contributed by atoms with van der Waals surface area (Å²) in [6.45, 7) is 0. The molecule has 13 heteroatoms. The molecule has 3 amide bonds. The summed E-state index contributed by atoms with van der Waals surface area (Å²) < 4.78 is 41.0. The van der Waals surface area contributed by atoms with E-state index in [0.717, 1.165) is 0 Å². The van der Waals surface area contributed by atoms with Crippen LogP contribution in [0.25, 0.3) is 11.3 Å². The van der Waals surface area contributed by atoms with Crippen LogP contribution >= 0.6 is 11.6 Å². The lowest BCUT2D eigenvalue weighted by Gasteiger charge is -2.28.